The number of aromatic amines is 1. The molecule has 0 unspecified atom stereocenters. The van der Waals surface area contributed by atoms with Crippen molar-refractivity contribution in [2.45, 2.75) is 39.8 Å². The lowest BCUT2D eigenvalue weighted by Crippen LogP contribution is -2.85. The number of benzene rings is 1. The first-order chi connectivity index (χ1) is 13.3. The summed E-state index contributed by atoms with van der Waals surface area (Å²) in [5.74, 6) is 0.162. The zero-order valence-electron chi connectivity index (χ0n) is 16.2. The van der Waals surface area contributed by atoms with Crippen molar-refractivity contribution < 1.29 is 14.8 Å². The zero-order chi connectivity index (χ0) is 20.4. The lowest BCUT2D eigenvalue weighted by Gasteiger charge is -2.16. The summed E-state index contributed by atoms with van der Waals surface area (Å²) in [7, 11) is 0. The number of quaternary nitrogens is 1. The second-order valence-electron chi connectivity index (χ2n) is 6.73. The number of carbonyl (C=O) groups excluding carboxylic acids is 1. The van der Waals surface area contributed by atoms with Crippen molar-refractivity contribution in [2.75, 3.05) is 6.61 Å². The molecule has 0 saturated heterocycles. The number of halogens is 1. The van der Waals surface area contributed by atoms with Gasteiger partial charge in [-0.15, -0.1) is 11.3 Å². The fourth-order valence-corrected chi connectivity index (χ4v) is 4.38. The van der Waals surface area contributed by atoms with Crippen molar-refractivity contribution in [1.29, 1.82) is 0 Å². The highest BCUT2D eigenvalue weighted by molar-refractivity contribution is 7.20. The van der Waals surface area contributed by atoms with Gasteiger partial charge >= 0.3 is 5.97 Å². The second-order valence-corrected chi connectivity index (χ2v) is 8.16. The van der Waals surface area contributed by atoms with Crippen molar-refractivity contribution in [2.24, 2.45) is 0 Å². The molecule has 2 aromatic heterocycles. The maximum Gasteiger partial charge on any atom is 0.348 e. The number of nitrogens with zero attached hydrogens (tertiary/aromatic N) is 1. The molecule has 3 aromatic rings. The van der Waals surface area contributed by atoms with E-state index in [2.05, 4.69) is 22.2 Å². The Morgan fingerprint density at radius 3 is 2.61 bits per heavy atom. The van der Waals surface area contributed by atoms with Crippen LogP contribution in [-0.2, 0) is 4.74 Å². The van der Waals surface area contributed by atoms with Crippen molar-refractivity contribution in [3.8, 4) is 0 Å². The monoisotopic (exact) mass is 420 g/mol. The molecule has 0 aliphatic heterocycles. The van der Waals surface area contributed by atoms with E-state index in [1.807, 2.05) is 31.2 Å². The first-order valence-corrected chi connectivity index (χ1v) is 10.3. The number of thiophene rings is 1. The van der Waals surface area contributed by atoms with Crippen LogP contribution in [0.3, 0.4) is 0 Å². The standard InChI is InChI=1S/C20H22ClN3O3S/c1-5-27-20(26)16-10(2)15-18(25)23-17(24-19(15)28-16)12(4)22-11(3)13-6-8-14(21)9-7-13/h6-9,11-12,22H,5H2,1-4H3,(H,23,24,25)/p+1/t11-,12-/m1/s1. The summed E-state index contributed by atoms with van der Waals surface area (Å²) in [5.41, 5.74) is 1.52. The van der Waals surface area contributed by atoms with Gasteiger partial charge in [0.25, 0.3) is 5.56 Å². The van der Waals surface area contributed by atoms with Gasteiger partial charge in [-0.2, -0.15) is 0 Å². The molecule has 0 amide bonds. The molecule has 1 aromatic carbocycles. The summed E-state index contributed by atoms with van der Waals surface area (Å²) < 4.78 is 5.08. The zero-order valence-corrected chi connectivity index (χ0v) is 17.8. The minimum absolute atomic E-state index is 0.0729. The van der Waals surface area contributed by atoms with E-state index in [1.54, 1.807) is 13.8 Å². The van der Waals surface area contributed by atoms with Crippen LogP contribution >= 0.6 is 22.9 Å². The van der Waals surface area contributed by atoms with E-state index in [1.165, 1.54) is 11.3 Å². The smallest absolute Gasteiger partial charge is 0.348 e. The highest BCUT2D eigenvalue weighted by atomic mass is 35.5. The molecule has 0 spiro atoms. The first-order valence-electron chi connectivity index (χ1n) is 9.12. The number of aromatic nitrogens is 2. The largest absolute Gasteiger partial charge is 0.462 e. The average molecular weight is 421 g/mol. The molecule has 2 atom stereocenters. The van der Waals surface area contributed by atoms with Gasteiger partial charge in [0.1, 0.15) is 21.8 Å². The maximum absolute atomic E-state index is 12.6. The van der Waals surface area contributed by atoms with E-state index < -0.39 is 5.97 Å². The fourth-order valence-electron chi connectivity index (χ4n) is 3.17. The fraction of sp³-hybridized carbons (Fsp3) is 0.350. The minimum atomic E-state index is -0.417. The molecule has 3 N–H and O–H groups in total. The summed E-state index contributed by atoms with van der Waals surface area (Å²) in [5, 5.41) is 3.28. The minimum Gasteiger partial charge on any atom is -0.462 e. The lowest BCUT2D eigenvalue weighted by molar-refractivity contribution is -0.729. The van der Waals surface area contributed by atoms with Crippen molar-refractivity contribution >= 4 is 39.1 Å². The summed E-state index contributed by atoms with van der Waals surface area (Å²) in [6, 6.07) is 7.80. The maximum atomic E-state index is 12.6. The number of esters is 1. The Morgan fingerprint density at radius 1 is 1.29 bits per heavy atom. The van der Waals surface area contributed by atoms with E-state index in [4.69, 9.17) is 16.3 Å². The van der Waals surface area contributed by atoms with Crippen molar-refractivity contribution in [3.63, 3.8) is 0 Å². The van der Waals surface area contributed by atoms with Crippen LogP contribution in [0.4, 0.5) is 0 Å². The van der Waals surface area contributed by atoms with Gasteiger partial charge in [0.2, 0.25) is 0 Å². The van der Waals surface area contributed by atoms with Gasteiger partial charge in [0, 0.05) is 10.6 Å². The molecular formula is C20H23ClN3O3S+. The number of nitrogens with one attached hydrogen (secondary N) is 1. The van der Waals surface area contributed by atoms with Gasteiger partial charge in [-0.05, 0) is 45.4 Å². The molecule has 28 heavy (non-hydrogen) atoms. The topological polar surface area (TPSA) is 88.7 Å². The van der Waals surface area contributed by atoms with Crippen LogP contribution in [0.5, 0.6) is 0 Å². The Hall–Kier alpha value is -2.22. The third kappa shape index (κ3) is 4.11. The molecule has 6 nitrogen and oxygen atoms in total. The Balaban J connectivity index is 1.89. The van der Waals surface area contributed by atoms with Crippen LogP contribution in [0, 0.1) is 6.92 Å². The highest BCUT2D eigenvalue weighted by Crippen LogP contribution is 2.28. The highest BCUT2D eigenvalue weighted by Gasteiger charge is 2.23. The second kappa shape index (κ2) is 8.43. The molecule has 2 heterocycles. The predicted molar refractivity (Wildman–Crippen MR) is 111 cm³/mol. The molecule has 8 heteroatoms. The van der Waals surface area contributed by atoms with Crippen LogP contribution in [0.2, 0.25) is 5.02 Å². The molecule has 0 aliphatic carbocycles. The Labute approximate surface area is 171 Å². The number of aryl methyl sites for hydroxylation is 1. The predicted octanol–water partition coefficient (Wildman–Crippen LogP) is 3.51. The summed E-state index contributed by atoms with van der Waals surface area (Å²) in [6.45, 7) is 7.87. The number of fused-ring (bicyclic) bond motifs is 1. The van der Waals surface area contributed by atoms with Gasteiger partial charge in [0.05, 0.1) is 12.0 Å². The van der Waals surface area contributed by atoms with E-state index in [-0.39, 0.29) is 24.2 Å². The molecule has 0 aliphatic rings. The number of H-pyrrole nitrogens is 1. The number of nitrogens with two attached hydrogens (primary N) is 1. The van der Waals surface area contributed by atoms with E-state index in [0.29, 0.717) is 31.5 Å². The van der Waals surface area contributed by atoms with E-state index in [9.17, 15) is 9.59 Å². The SMILES string of the molecule is CCOC(=O)c1sc2nc([C@@H](C)[NH2+][C@H](C)c3ccc(Cl)cc3)[nH]c(=O)c2c1C. The summed E-state index contributed by atoms with van der Waals surface area (Å²) >= 11 is 7.16. The first kappa shape index (κ1) is 20.5. The van der Waals surface area contributed by atoms with E-state index >= 15 is 0 Å². The number of hydrogen-bond donors (Lipinski definition) is 2. The molecule has 0 radical (unpaired) electrons. The quantitative estimate of drug-likeness (QED) is 0.597. The van der Waals surface area contributed by atoms with E-state index in [0.717, 1.165) is 5.56 Å². The lowest BCUT2D eigenvalue weighted by atomic mass is 10.1. The van der Waals surface area contributed by atoms with Crippen LogP contribution in [-0.4, -0.2) is 22.5 Å². The summed E-state index contributed by atoms with van der Waals surface area (Å²) in [4.78, 5) is 33.2. The number of rotatable bonds is 6. The number of ether oxygens (including phenoxy) is 1. The Kier molecular flexibility index (Phi) is 6.17. The normalized spacial score (nSPS) is 13.5. The third-order valence-electron chi connectivity index (χ3n) is 4.68. The van der Waals surface area contributed by atoms with Crippen LogP contribution < -0.4 is 10.9 Å². The van der Waals surface area contributed by atoms with Gasteiger partial charge in [-0.25, -0.2) is 9.78 Å². The third-order valence-corrected chi connectivity index (χ3v) is 6.10. The molecule has 0 saturated carbocycles. The molecule has 0 bridgehead atoms. The molecule has 0 fully saturated rings. The number of carbonyl (C=O) groups is 1. The van der Waals surface area contributed by atoms with Gasteiger partial charge < -0.3 is 15.0 Å². The van der Waals surface area contributed by atoms with Crippen molar-refractivity contribution in [1.82, 2.24) is 9.97 Å². The average Bonchev–Trinajstić information content (AvgIpc) is 2.99. The van der Waals surface area contributed by atoms with Crippen molar-refractivity contribution in [3.05, 3.63) is 61.5 Å². The molecular weight excluding hydrogens is 398 g/mol. The Bertz CT molecular complexity index is 1060. The number of hydrogen-bond acceptors (Lipinski definition) is 5. The van der Waals surface area contributed by atoms with Gasteiger partial charge in [0.15, 0.2) is 5.82 Å². The summed E-state index contributed by atoms with van der Waals surface area (Å²) in [6.07, 6.45) is 0. The van der Waals surface area contributed by atoms with Gasteiger partial charge in [-0.1, -0.05) is 23.7 Å². The Morgan fingerprint density at radius 2 is 1.96 bits per heavy atom. The van der Waals surface area contributed by atoms with Gasteiger partial charge in [-0.3, -0.25) is 4.79 Å². The molecule has 3 rings (SSSR count). The van der Waals surface area contributed by atoms with Crippen LogP contribution in [0.15, 0.2) is 29.1 Å². The van der Waals surface area contributed by atoms with Crippen LogP contribution in [0.25, 0.3) is 10.2 Å². The van der Waals surface area contributed by atoms with Crippen LogP contribution in [0.1, 0.15) is 59.5 Å². The molecule has 148 valence electrons.